The van der Waals surface area contributed by atoms with Crippen molar-refractivity contribution in [2.75, 3.05) is 7.11 Å². The minimum atomic E-state index is -0.482. The van der Waals surface area contributed by atoms with Crippen molar-refractivity contribution < 1.29 is 19.1 Å². The Morgan fingerprint density at radius 3 is 2.32 bits per heavy atom. The fraction of sp³-hybridized carbons (Fsp3) is 0.444. The molecule has 2 aromatic rings. The van der Waals surface area contributed by atoms with Gasteiger partial charge in [-0.05, 0) is 48.4 Å². The van der Waals surface area contributed by atoms with E-state index in [1.54, 1.807) is 36.4 Å². The van der Waals surface area contributed by atoms with E-state index in [2.05, 4.69) is 33.4 Å². The number of nitrogens with zero attached hydrogens (tertiary/aromatic N) is 1. The number of hydrazone groups is 1. The first-order valence-corrected chi connectivity index (χ1v) is 12.8. The Labute approximate surface area is 211 Å². The highest BCUT2D eigenvalue weighted by atomic mass is 79.9. The minimum absolute atomic E-state index is 0.0919. The topological polar surface area (TPSA) is 77.0 Å². The van der Waals surface area contributed by atoms with Crippen molar-refractivity contribution in [3.63, 3.8) is 0 Å². The van der Waals surface area contributed by atoms with E-state index in [-0.39, 0.29) is 5.91 Å². The van der Waals surface area contributed by atoms with Crippen molar-refractivity contribution in [3.05, 3.63) is 58.1 Å². The number of hydrogen-bond acceptors (Lipinski definition) is 5. The van der Waals surface area contributed by atoms with Crippen molar-refractivity contribution in [2.45, 2.75) is 71.1 Å². The van der Waals surface area contributed by atoms with Crippen LogP contribution >= 0.6 is 15.9 Å². The lowest BCUT2D eigenvalue weighted by molar-refractivity contribution is -0.121. The van der Waals surface area contributed by atoms with E-state index in [9.17, 15) is 9.59 Å². The van der Waals surface area contributed by atoms with E-state index in [1.165, 1.54) is 58.3 Å². The number of carbonyl (C=O) groups is 2. The molecule has 0 fully saturated rings. The molecule has 0 aliphatic carbocycles. The van der Waals surface area contributed by atoms with Crippen LogP contribution in [-0.4, -0.2) is 25.2 Å². The lowest BCUT2D eigenvalue weighted by Gasteiger charge is -2.10. The Bertz CT molecular complexity index is 946. The third kappa shape index (κ3) is 10.5. The first-order chi connectivity index (χ1) is 16.5. The summed E-state index contributed by atoms with van der Waals surface area (Å²) in [6.45, 7) is 2.23. The number of methoxy groups -OCH3 is 1. The van der Waals surface area contributed by atoms with Gasteiger partial charge in [0.25, 0.3) is 0 Å². The molecule has 0 aliphatic rings. The van der Waals surface area contributed by atoms with E-state index in [4.69, 9.17) is 9.47 Å². The van der Waals surface area contributed by atoms with Crippen molar-refractivity contribution >= 4 is 34.0 Å². The number of carbonyl (C=O) groups excluding carboxylic acids is 2. The molecule has 0 heterocycles. The maximum absolute atomic E-state index is 12.4. The van der Waals surface area contributed by atoms with Crippen LogP contribution in [0.2, 0.25) is 0 Å². The molecular weight excluding hydrogens is 496 g/mol. The van der Waals surface area contributed by atoms with Crippen molar-refractivity contribution in [2.24, 2.45) is 5.10 Å². The number of esters is 1. The van der Waals surface area contributed by atoms with Crippen LogP contribution in [0.15, 0.2) is 52.0 Å². The lowest BCUT2D eigenvalue weighted by Crippen LogP contribution is -2.16. The van der Waals surface area contributed by atoms with Gasteiger partial charge in [-0.1, -0.05) is 80.3 Å². The highest BCUT2D eigenvalue weighted by molar-refractivity contribution is 9.10. The Hall–Kier alpha value is -2.67. The highest BCUT2D eigenvalue weighted by Gasteiger charge is 2.13. The molecular formula is C27H35BrN2O4. The lowest BCUT2D eigenvalue weighted by atomic mass is 10.1. The molecule has 6 nitrogen and oxygen atoms in total. The predicted molar refractivity (Wildman–Crippen MR) is 140 cm³/mol. The predicted octanol–water partition coefficient (Wildman–Crippen LogP) is 7.05. The van der Waals surface area contributed by atoms with Gasteiger partial charge in [0.1, 0.15) is 0 Å². The average molecular weight is 531 g/mol. The summed E-state index contributed by atoms with van der Waals surface area (Å²) in [6.07, 6.45) is 13.0. The zero-order chi connectivity index (χ0) is 24.6. The highest BCUT2D eigenvalue weighted by Crippen LogP contribution is 2.28. The number of halogens is 1. The van der Waals surface area contributed by atoms with Gasteiger partial charge in [0, 0.05) is 10.9 Å². The molecule has 2 rings (SSSR count). The monoisotopic (exact) mass is 530 g/mol. The first kappa shape index (κ1) is 27.6. The summed E-state index contributed by atoms with van der Waals surface area (Å²) in [7, 11) is 1.50. The first-order valence-electron chi connectivity index (χ1n) is 12.0. The molecule has 0 unspecified atom stereocenters. The van der Waals surface area contributed by atoms with E-state index in [0.29, 0.717) is 29.0 Å². The summed E-state index contributed by atoms with van der Waals surface area (Å²) in [5.41, 5.74) is 3.71. The van der Waals surface area contributed by atoms with Gasteiger partial charge in [-0.3, -0.25) is 4.79 Å². The Morgan fingerprint density at radius 1 is 0.941 bits per heavy atom. The van der Waals surface area contributed by atoms with Crippen molar-refractivity contribution in [3.8, 4) is 11.5 Å². The second kappa shape index (κ2) is 16.0. The second-order valence-corrected chi connectivity index (χ2v) is 9.10. The molecule has 2 aromatic carbocycles. The van der Waals surface area contributed by atoms with E-state index >= 15 is 0 Å². The summed E-state index contributed by atoms with van der Waals surface area (Å²) in [5.74, 6) is 0.128. The molecule has 0 aliphatic heterocycles. The number of amides is 1. The van der Waals surface area contributed by atoms with E-state index < -0.39 is 5.97 Å². The molecule has 0 spiro atoms. The molecule has 184 valence electrons. The summed E-state index contributed by atoms with van der Waals surface area (Å²) in [4.78, 5) is 24.4. The molecule has 1 amide bonds. The van der Waals surface area contributed by atoms with Gasteiger partial charge < -0.3 is 9.47 Å². The van der Waals surface area contributed by atoms with Crippen LogP contribution < -0.4 is 14.9 Å². The molecule has 0 atom stereocenters. The Kier molecular flexibility index (Phi) is 13.0. The van der Waals surface area contributed by atoms with Crippen LogP contribution in [0.25, 0.3) is 0 Å². The molecule has 0 aromatic heterocycles. The van der Waals surface area contributed by atoms with Gasteiger partial charge in [-0.25, -0.2) is 10.2 Å². The number of rotatable bonds is 15. The maximum atomic E-state index is 12.4. The van der Waals surface area contributed by atoms with Gasteiger partial charge in [0.05, 0.1) is 18.9 Å². The zero-order valence-corrected chi connectivity index (χ0v) is 21.7. The summed E-state index contributed by atoms with van der Waals surface area (Å²) >= 11 is 3.34. The van der Waals surface area contributed by atoms with Crippen LogP contribution in [0.1, 0.15) is 87.1 Å². The molecule has 0 saturated carbocycles. The second-order valence-electron chi connectivity index (χ2n) is 8.18. The molecule has 0 bridgehead atoms. The molecule has 1 N–H and O–H groups in total. The zero-order valence-electron chi connectivity index (χ0n) is 20.1. The third-order valence-electron chi connectivity index (χ3n) is 5.36. The number of benzene rings is 2. The number of nitrogens with one attached hydrogen (secondary N) is 1. The summed E-state index contributed by atoms with van der Waals surface area (Å²) in [5, 5.41) is 4.03. The standard InChI is InChI=1S/C27H35BrN2O4/c1-3-4-5-6-7-8-9-10-11-15-26(31)30-29-20-21-16-17-24(25(18-21)33-2)34-27(32)22-13-12-14-23(28)19-22/h12-14,16-20H,3-11,15H2,1-2H3,(H,30,31)/b29-20-. The van der Waals surface area contributed by atoms with Crippen LogP contribution in [0.5, 0.6) is 11.5 Å². The Morgan fingerprint density at radius 2 is 1.65 bits per heavy atom. The van der Waals surface area contributed by atoms with Crippen molar-refractivity contribution in [1.29, 1.82) is 0 Å². The van der Waals surface area contributed by atoms with Crippen LogP contribution in [0.3, 0.4) is 0 Å². The minimum Gasteiger partial charge on any atom is -0.493 e. The quantitative estimate of drug-likeness (QED) is 0.0879. The number of hydrogen-bond donors (Lipinski definition) is 1. The smallest absolute Gasteiger partial charge is 0.343 e. The molecule has 0 saturated heterocycles. The van der Waals surface area contributed by atoms with Crippen molar-refractivity contribution in [1.82, 2.24) is 5.43 Å². The SMILES string of the molecule is CCCCCCCCCCCC(=O)N/N=C\c1ccc(OC(=O)c2cccc(Br)c2)c(OC)c1. The summed E-state index contributed by atoms with van der Waals surface area (Å²) in [6, 6.07) is 12.0. The van der Waals surface area contributed by atoms with E-state index in [1.807, 2.05) is 6.07 Å². The van der Waals surface area contributed by atoms with Crippen LogP contribution in [-0.2, 0) is 4.79 Å². The van der Waals surface area contributed by atoms with Gasteiger partial charge in [-0.2, -0.15) is 5.10 Å². The van der Waals surface area contributed by atoms with Gasteiger partial charge >= 0.3 is 5.97 Å². The van der Waals surface area contributed by atoms with Gasteiger partial charge in [-0.15, -0.1) is 0 Å². The van der Waals surface area contributed by atoms with Crippen LogP contribution in [0.4, 0.5) is 0 Å². The molecule has 7 heteroatoms. The van der Waals surface area contributed by atoms with Gasteiger partial charge in [0.2, 0.25) is 5.91 Å². The number of unbranched alkanes of at least 4 members (excludes halogenated alkanes) is 8. The summed E-state index contributed by atoms with van der Waals surface area (Å²) < 4.78 is 11.6. The third-order valence-corrected chi connectivity index (χ3v) is 5.85. The fourth-order valence-corrected chi connectivity index (χ4v) is 3.85. The van der Waals surface area contributed by atoms with E-state index in [0.717, 1.165) is 17.3 Å². The number of ether oxygens (including phenoxy) is 2. The molecule has 34 heavy (non-hydrogen) atoms. The average Bonchev–Trinajstić information content (AvgIpc) is 2.83. The Balaban J connectivity index is 1.74. The van der Waals surface area contributed by atoms with Gasteiger partial charge in [0.15, 0.2) is 11.5 Å². The molecule has 0 radical (unpaired) electrons. The fourth-order valence-electron chi connectivity index (χ4n) is 3.45. The largest absolute Gasteiger partial charge is 0.493 e. The maximum Gasteiger partial charge on any atom is 0.343 e. The van der Waals surface area contributed by atoms with Crippen LogP contribution in [0, 0.1) is 0 Å². The normalized spacial score (nSPS) is 10.9.